The molecule has 1 aromatic heterocycles. The Bertz CT molecular complexity index is 1310. The Morgan fingerprint density at radius 3 is 2.14 bits per heavy atom. The average molecular weight is 497 g/mol. The molecular formula is C28H32O8. The molecular weight excluding hydrogens is 464 g/mol. The van der Waals surface area contributed by atoms with Crippen LogP contribution in [-0.2, 0) is 12.8 Å². The van der Waals surface area contributed by atoms with Gasteiger partial charge in [0.15, 0.2) is 11.2 Å². The van der Waals surface area contributed by atoms with Gasteiger partial charge in [0.2, 0.25) is 5.76 Å². The lowest BCUT2D eigenvalue weighted by Crippen LogP contribution is -2.10. The molecule has 0 spiro atoms. The van der Waals surface area contributed by atoms with Crippen molar-refractivity contribution in [3.05, 3.63) is 63.0 Å². The van der Waals surface area contributed by atoms with E-state index in [2.05, 4.69) is 6.92 Å². The zero-order chi connectivity index (χ0) is 26.2. The van der Waals surface area contributed by atoms with E-state index >= 15 is 0 Å². The third kappa shape index (κ3) is 5.87. The Hall–Kier alpha value is -3.81. The molecule has 2 aromatic carbocycles. The summed E-state index contributed by atoms with van der Waals surface area (Å²) in [5.74, 6) is 0.0301. The van der Waals surface area contributed by atoms with E-state index in [0.717, 1.165) is 30.9 Å². The molecule has 3 aromatic rings. The van der Waals surface area contributed by atoms with Gasteiger partial charge in [-0.2, -0.15) is 0 Å². The summed E-state index contributed by atoms with van der Waals surface area (Å²) in [4.78, 5) is 35.7. The van der Waals surface area contributed by atoms with Gasteiger partial charge in [-0.1, -0.05) is 26.7 Å². The van der Waals surface area contributed by atoms with Crippen LogP contribution in [0.15, 0.2) is 39.5 Å². The third-order valence-corrected chi connectivity index (χ3v) is 5.77. The standard InChI is InChI=1S/C28H32O8/c1-5-8-20-23(12-10-18(17(3)29)26(20)33-4)34-14-7-15-35-24-13-11-19-22(30)16-25(28(31)32)36-27(19)21(24)9-6-2/h10-13,16H,5-9,14-15H2,1-4H3,(H,31,32). The number of aromatic carboxylic acids is 1. The fourth-order valence-electron chi connectivity index (χ4n) is 4.15. The molecule has 0 saturated carbocycles. The van der Waals surface area contributed by atoms with Crippen LogP contribution in [0.2, 0.25) is 0 Å². The summed E-state index contributed by atoms with van der Waals surface area (Å²) < 4.78 is 23.1. The van der Waals surface area contributed by atoms with Crippen molar-refractivity contribution in [1.82, 2.24) is 0 Å². The number of Topliss-reactive ketones (excluding diaryl/α,β-unsaturated/α-hetero) is 1. The topological polar surface area (TPSA) is 112 Å². The fourth-order valence-corrected chi connectivity index (χ4v) is 4.15. The van der Waals surface area contributed by atoms with Gasteiger partial charge in [-0.25, -0.2) is 4.79 Å². The molecule has 0 amide bonds. The molecule has 0 atom stereocenters. The summed E-state index contributed by atoms with van der Waals surface area (Å²) in [6.07, 6.45) is 3.50. The number of rotatable bonds is 13. The minimum atomic E-state index is -1.30. The first-order valence-corrected chi connectivity index (χ1v) is 12.1. The van der Waals surface area contributed by atoms with Gasteiger partial charge in [-0.3, -0.25) is 9.59 Å². The highest BCUT2D eigenvalue weighted by atomic mass is 16.5. The van der Waals surface area contributed by atoms with Crippen LogP contribution in [0, 0.1) is 0 Å². The lowest BCUT2D eigenvalue weighted by molar-refractivity contribution is 0.0662. The number of carboxylic acid groups (broad SMARTS) is 1. The van der Waals surface area contributed by atoms with E-state index in [1.165, 1.54) is 6.92 Å². The number of ether oxygens (including phenoxy) is 3. The number of hydrogen-bond donors (Lipinski definition) is 1. The Labute approximate surface area is 209 Å². The zero-order valence-electron chi connectivity index (χ0n) is 21.1. The van der Waals surface area contributed by atoms with Crippen LogP contribution in [0.4, 0.5) is 0 Å². The molecule has 0 aliphatic rings. The Balaban J connectivity index is 1.74. The normalized spacial score (nSPS) is 10.9. The molecule has 192 valence electrons. The molecule has 8 heteroatoms. The summed E-state index contributed by atoms with van der Waals surface area (Å²) >= 11 is 0. The molecule has 0 aliphatic carbocycles. The van der Waals surface area contributed by atoms with Crippen molar-refractivity contribution in [3.8, 4) is 17.2 Å². The van der Waals surface area contributed by atoms with E-state index in [1.54, 1.807) is 31.4 Å². The molecule has 1 N–H and O–H groups in total. The Kier molecular flexibility index (Phi) is 9.11. The van der Waals surface area contributed by atoms with Gasteiger partial charge in [0.05, 0.1) is 31.3 Å². The van der Waals surface area contributed by atoms with Gasteiger partial charge in [0.1, 0.15) is 22.8 Å². The number of carbonyl (C=O) groups is 2. The summed E-state index contributed by atoms with van der Waals surface area (Å²) in [5.41, 5.74) is 1.93. The first-order chi connectivity index (χ1) is 17.3. The molecule has 0 saturated heterocycles. The summed E-state index contributed by atoms with van der Waals surface area (Å²) in [7, 11) is 1.55. The SMILES string of the molecule is CCCc1c(OCCCOc2ccc3c(=O)cc(C(=O)O)oc3c2CCC)ccc(C(C)=O)c1OC. The third-order valence-electron chi connectivity index (χ3n) is 5.77. The predicted octanol–water partition coefficient (Wildman–Crippen LogP) is 5.46. The average Bonchev–Trinajstić information content (AvgIpc) is 2.85. The van der Waals surface area contributed by atoms with Crippen molar-refractivity contribution in [3.63, 3.8) is 0 Å². The number of fused-ring (bicyclic) bond motifs is 1. The number of carboxylic acids is 1. The fraction of sp³-hybridized carbons (Fsp3) is 0.393. The van der Waals surface area contributed by atoms with Crippen LogP contribution in [0.3, 0.4) is 0 Å². The number of carbonyl (C=O) groups excluding carboxylic acids is 1. The second-order valence-corrected chi connectivity index (χ2v) is 8.43. The highest BCUT2D eigenvalue weighted by Crippen LogP contribution is 2.34. The number of benzene rings is 2. The summed E-state index contributed by atoms with van der Waals surface area (Å²) in [5, 5.41) is 9.60. The summed E-state index contributed by atoms with van der Waals surface area (Å²) in [6, 6.07) is 7.82. The molecule has 0 fully saturated rings. The second-order valence-electron chi connectivity index (χ2n) is 8.43. The van der Waals surface area contributed by atoms with E-state index in [0.29, 0.717) is 59.8 Å². The minimum Gasteiger partial charge on any atom is -0.496 e. The largest absolute Gasteiger partial charge is 0.496 e. The van der Waals surface area contributed by atoms with Crippen molar-refractivity contribution in [2.45, 2.75) is 52.9 Å². The van der Waals surface area contributed by atoms with E-state index < -0.39 is 17.2 Å². The number of ketones is 1. The maximum Gasteiger partial charge on any atom is 0.371 e. The smallest absolute Gasteiger partial charge is 0.371 e. The molecule has 0 unspecified atom stereocenters. The Morgan fingerprint density at radius 1 is 0.944 bits per heavy atom. The predicted molar refractivity (Wildman–Crippen MR) is 136 cm³/mol. The maximum absolute atomic E-state index is 12.4. The van der Waals surface area contributed by atoms with E-state index in [4.69, 9.17) is 18.6 Å². The first-order valence-electron chi connectivity index (χ1n) is 12.1. The first kappa shape index (κ1) is 26.8. The molecule has 3 rings (SSSR count). The zero-order valence-corrected chi connectivity index (χ0v) is 21.1. The highest BCUT2D eigenvalue weighted by molar-refractivity contribution is 5.97. The number of hydrogen-bond acceptors (Lipinski definition) is 7. The van der Waals surface area contributed by atoms with E-state index in [1.807, 2.05) is 6.92 Å². The minimum absolute atomic E-state index is 0.0614. The monoisotopic (exact) mass is 496 g/mol. The molecule has 8 nitrogen and oxygen atoms in total. The van der Waals surface area contributed by atoms with Crippen molar-refractivity contribution >= 4 is 22.7 Å². The lowest BCUT2D eigenvalue weighted by atomic mass is 10.0. The molecule has 1 heterocycles. The maximum atomic E-state index is 12.4. The van der Waals surface area contributed by atoms with Gasteiger partial charge < -0.3 is 23.7 Å². The quantitative estimate of drug-likeness (QED) is 0.245. The van der Waals surface area contributed by atoms with Crippen LogP contribution in [0.5, 0.6) is 17.2 Å². The van der Waals surface area contributed by atoms with Crippen LogP contribution in [-0.4, -0.2) is 37.2 Å². The van der Waals surface area contributed by atoms with E-state index in [9.17, 15) is 19.5 Å². The molecule has 0 aliphatic heterocycles. The Morgan fingerprint density at radius 2 is 1.56 bits per heavy atom. The van der Waals surface area contributed by atoms with Gasteiger partial charge in [0.25, 0.3) is 0 Å². The van der Waals surface area contributed by atoms with E-state index in [-0.39, 0.29) is 11.4 Å². The van der Waals surface area contributed by atoms with Crippen LogP contribution in [0.1, 0.15) is 72.1 Å². The van der Waals surface area contributed by atoms with Gasteiger partial charge in [-0.15, -0.1) is 0 Å². The highest BCUT2D eigenvalue weighted by Gasteiger charge is 2.18. The molecule has 36 heavy (non-hydrogen) atoms. The van der Waals surface area contributed by atoms with Crippen molar-refractivity contribution in [1.29, 1.82) is 0 Å². The van der Waals surface area contributed by atoms with Crippen molar-refractivity contribution in [2.75, 3.05) is 20.3 Å². The van der Waals surface area contributed by atoms with Gasteiger partial charge >= 0.3 is 5.97 Å². The lowest BCUT2D eigenvalue weighted by Gasteiger charge is -2.17. The molecule has 0 radical (unpaired) electrons. The van der Waals surface area contributed by atoms with Crippen molar-refractivity contribution < 1.29 is 33.3 Å². The van der Waals surface area contributed by atoms with Crippen molar-refractivity contribution in [2.24, 2.45) is 0 Å². The summed E-state index contributed by atoms with van der Waals surface area (Å²) in [6.45, 7) is 6.27. The van der Waals surface area contributed by atoms with Gasteiger partial charge in [0, 0.05) is 23.6 Å². The molecule has 0 bridgehead atoms. The number of methoxy groups -OCH3 is 1. The van der Waals surface area contributed by atoms with Crippen LogP contribution >= 0.6 is 0 Å². The van der Waals surface area contributed by atoms with Crippen LogP contribution < -0.4 is 19.6 Å². The number of aryl methyl sites for hydroxylation is 1. The van der Waals surface area contributed by atoms with Gasteiger partial charge in [-0.05, 0) is 44.0 Å². The van der Waals surface area contributed by atoms with Crippen LogP contribution in [0.25, 0.3) is 11.0 Å². The second kappa shape index (κ2) is 12.2.